The molecule has 0 spiro atoms. The zero-order valence-electron chi connectivity index (χ0n) is 19.4. The van der Waals surface area contributed by atoms with Crippen LogP contribution in [0.2, 0.25) is 5.02 Å². The summed E-state index contributed by atoms with van der Waals surface area (Å²) in [5.41, 5.74) is 1.14. The van der Waals surface area contributed by atoms with Crippen molar-refractivity contribution in [2.45, 2.75) is 6.92 Å². The van der Waals surface area contributed by atoms with Gasteiger partial charge < -0.3 is 14.8 Å². The van der Waals surface area contributed by atoms with Gasteiger partial charge in [0.25, 0.3) is 11.5 Å². The van der Waals surface area contributed by atoms with Gasteiger partial charge in [-0.25, -0.2) is 9.37 Å². The Labute approximate surface area is 232 Å². The first-order valence-corrected chi connectivity index (χ1v) is 12.6. The quantitative estimate of drug-likeness (QED) is 0.250. The van der Waals surface area contributed by atoms with Crippen LogP contribution in [-0.4, -0.2) is 35.5 Å². The molecule has 0 saturated carbocycles. The van der Waals surface area contributed by atoms with E-state index in [4.69, 9.17) is 21.1 Å². The van der Waals surface area contributed by atoms with Crippen LogP contribution in [0.25, 0.3) is 10.9 Å². The number of fused-ring (bicyclic) bond motifs is 1. The molecule has 4 aromatic rings. The highest BCUT2D eigenvalue weighted by Crippen LogP contribution is 2.42. The number of aryl methyl sites for hydroxylation is 1. The molecule has 1 heterocycles. The van der Waals surface area contributed by atoms with E-state index in [1.165, 1.54) is 42.3 Å². The van der Waals surface area contributed by atoms with E-state index >= 15 is 0 Å². The molecule has 1 aromatic heterocycles. The molecule has 190 valence electrons. The molecule has 0 aliphatic heterocycles. The average Bonchev–Trinajstić information content (AvgIpc) is 2.87. The molecule has 0 atom stereocenters. The molecule has 3 aromatic carbocycles. The summed E-state index contributed by atoms with van der Waals surface area (Å²) in [6.45, 7) is 1.30. The first-order chi connectivity index (χ1) is 17.7. The lowest BCUT2D eigenvalue weighted by Gasteiger charge is -2.15. The first-order valence-electron chi connectivity index (χ1n) is 10.7. The average molecular weight is 653 g/mol. The number of amides is 1. The Morgan fingerprint density at radius 2 is 1.95 bits per heavy atom. The molecule has 0 saturated heterocycles. The van der Waals surface area contributed by atoms with Gasteiger partial charge in [0.2, 0.25) is 0 Å². The van der Waals surface area contributed by atoms with E-state index in [9.17, 15) is 14.0 Å². The van der Waals surface area contributed by atoms with Gasteiger partial charge >= 0.3 is 0 Å². The van der Waals surface area contributed by atoms with E-state index in [2.05, 4.69) is 47.3 Å². The fourth-order valence-corrected chi connectivity index (χ4v) is 4.38. The highest BCUT2D eigenvalue weighted by molar-refractivity contribution is 9.10. The maximum absolute atomic E-state index is 13.1. The van der Waals surface area contributed by atoms with Gasteiger partial charge in [-0.1, -0.05) is 27.5 Å². The highest BCUT2D eigenvalue weighted by atomic mass is 79.9. The van der Waals surface area contributed by atoms with Crippen molar-refractivity contribution < 1.29 is 18.7 Å². The SMILES string of the molecule is COc1cc(C=Nn2c(C)nc3ccc(Br)cc3c2=O)c(Br)c(Cl)c1OCC(=O)Nc1ccc(F)cc1. The zero-order valence-corrected chi connectivity index (χ0v) is 23.3. The molecule has 1 N–H and O–H groups in total. The summed E-state index contributed by atoms with van der Waals surface area (Å²) < 4.78 is 26.4. The Balaban J connectivity index is 1.59. The third kappa shape index (κ3) is 6.00. The number of ether oxygens (including phenoxy) is 2. The van der Waals surface area contributed by atoms with Crippen molar-refractivity contribution in [3.8, 4) is 11.5 Å². The van der Waals surface area contributed by atoms with Crippen LogP contribution >= 0.6 is 43.5 Å². The second-order valence-corrected chi connectivity index (χ2v) is 9.74. The number of halogens is 4. The summed E-state index contributed by atoms with van der Waals surface area (Å²) >= 11 is 13.3. The van der Waals surface area contributed by atoms with E-state index in [1.807, 2.05) is 6.07 Å². The molecular formula is C25H18Br2ClFN4O4. The lowest BCUT2D eigenvalue weighted by molar-refractivity contribution is -0.118. The molecule has 0 fully saturated rings. The molecule has 0 bridgehead atoms. The van der Waals surface area contributed by atoms with E-state index in [0.717, 1.165) is 4.47 Å². The van der Waals surface area contributed by atoms with Crippen LogP contribution in [0.1, 0.15) is 11.4 Å². The second-order valence-electron chi connectivity index (χ2n) is 7.65. The fraction of sp³-hybridized carbons (Fsp3) is 0.120. The number of methoxy groups -OCH3 is 1. The summed E-state index contributed by atoms with van der Waals surface area (Å²) in [5.74, 6) is -0.111. The van der Waals surface area contributed by atoms with Crippen molar-refractivity contribution in [3.05, 3.63) is 90.1 Å². The van der Waals surface area contributed by atoms with E-state index in [-0.39, 0.29) is 28.7 Å². The number of nitrogens with zero attached hydrogens (tertiary/aromatic N) is 3. The number of anilines is 1. The predicted molar refractivity (Wildman–Crippen MR) is 148 cm³/mol. The Kier molecular flexibility index (Phi) is 8.25. The van der Waals surface area contributed by atoms with Gasteiger partial charge in [0.05, 0.1) is 24.2 Å². The van der Waals surface area contributed by atoms with Gasteiger partial charge in [-0.2, -0.15) is 9.78 Å². The minimum absolute atomic E-state index is 0.132. The van der Waals surface area contributed by atoms with Crippen LogP contribution in [0.3, 0.4) is 0 Å². The maximum Gasteiger partial charge on any atom is 0.282 e. The summed E-state index contributed by atoms with van der Waals surface area (Å²) in [7, 11) is 1.42. The third-order valence-corrected chi connectivity index (χ3v) is 7.07. The molecular weight excluding hydrogens is 635 g/mol. The number of carbonyl (C=O) groups is 1. The third-order valence-electron chi connectivity index (χ3n) is 5.13. The van der Waals surface area contributed by atoms with Crippen molar-refractivity contribution in [3.63, 3.8) is 0 Å². The van der Waals surface area contributed by atoms with Crippen LogP contribution in [0.4, 0.5) is 10.1 Å². The van der Waals surface area contributed by atoms with E-state index in [1.54, 1.807) is 25.1 Å². The first kappa shape index (κ1) is 26.8. The number of nitrogens with one attached hydrogen (secondary N) is 1. The molecule has 8 nitrogen and oxygen atoms in total. The van der Waals surface area contributed by atoms with Crippen molar-refractivity contribution in [2.24, 2.45) is 5.10 Å². The Bertz CT molecular complexity index is 1590. The summed E-state index contributed by atoms with van der Waals surface area (Å²) in [4.78, 5) is 29.7. The van der Waals surface area contributed by atoms with Crippen LogP contribution in [0.15, 0.2) is 67.4 Å². The minimum Gasteiger partial charge on any atom is -0.493 e. The summed E-state index contributed by atoms with van der Waals surface area (Å²) in [6.07, 6.45) is 1.43. The van der Waals surface area contributed by atoms with Gasteiger partial charge in [-0.3, -0.25) is 9.59 Å². The van der Waals surface area contributed by atoms with Gasteiger partial charge in [0, 0.05) is 20.2 Å². The topological polar surface area (TPSA) is 94.8 Å². The predicted octanol–water partition coefficient (Wildman–Crippen LogP) is 5.93. The number of benzene rings is 3. The second kappa shape index (κ2) is 11.4. The standard InChI is InChI=1S/C25H18Br2ClFN4O4/c1-13-31-19-8-3-15(26)10-18(19)25(35)33(13)30-11-14-9-20(36-2)24(23(28)22(14)27)37-12-21(34)32-17-6-4-16(29)5-7-17/h3-11H,12H2,1-2H3,(H,32,34). The van der Waals surface area contributed by atoms with Gasteiger partial charge in [-0.05, 0) is 71.4 Å². The van der Waals surface area contributed by atoms with E-state index in [0.29, 0.717) is 32.5 Å². The van der Waals surface area contributed by atoms with Crippen molar-refractivity contribution in [1.82, 2.24) is 9.66 Å². The largest absolute Gasteiger partial charge is 0.493 e. The molecule has 37 heavy (non-hydrogen) atoms. The number of hydrogen-bond acceptors (Lipinski definition) is 6. The Morgan fingerprint density at radius 1 is 1.22 bits per heavy atom. The summed E-state index contributed by atoms with van der Waals surface area (Å²) in [5, 5.41) is 7.46. The van der Waals surface area contributed by atoms with E-state index < -0.39 is 11.7 Å². The number of hydrogen-bond donors (Lipinski definition) is 1. The Hall–Kier alpha value is -3.28. The number of rotatable bonds is 7. The molecule has 12 heteroatoms. The van der Waals surface area contributed by atoms with Crippen LogP contribution in [-0.2, 0) is 4.79 Å². The number of aromatic nitrogens is 2. The molecule has 0 unspecified atom stereocenters. The van der Waals surface area contributed by atoms with Crippen LogP contribution in [0.5, 0.6) is 11.5 Å². The van der Waals surface area contributed by atoms with Crippen molar-refractivity contribution >= 4 is 72.2 Å². The normalized spacial score (nSPS) is 11.2. The summed E-state index contributed by atoms with van der Waals surface area (Å²) in [6, 6.07) is 12.2. The van der Waals surface area contributed by atoms with Crippen LogP contribution in [0, 0.1) is 12.7 Å². The van der Waals surface area contributed by atoms with Crippen molar-refractivity contribution in [2.75, 3.05) is 19.0 Å². The number of carbonyl (C=O) groups excluding carboxylic acids is 1. The molecule has 0 aliphatic rings. The molecule has 0 aliphatic carbocycles. The fourth-order valence-electron chi connectivity index (χ4n) is 3.37. The van der Waals surface area contributed by atoms with Gasteiger partial charge in [0.15, 0.2) is 18.1 Å². The monoisotopic (exact) mass is 650 g/mol. The van der Waals surface area contributed by atoms with Crippen molar-refractivity contribution in [1.29, 1.82) is 0 Å². The smallest absolute Gasteiger partial charge is 0.282 e. The lowest BCUT2D eigenvalue weighted by Crippen LogP contribution is -2.21. The molecule has 1 amide bonds. The Morgan fingerprint density at radius 3 is 2.65 bits per heavy atom. The zero-order chi connectivity index (χ0) is 26.7. The van der Waals surface area contributed by atoms with Crippen LogP contribution < -0.4 is 20.3 Å². The minimum atomic E-state index is -0.475. The van der Waals surface area contributed by atoms with Gasteiger partial charge in [0.1, 0.15) is 16.7 Å². The maximum atomic E-state index is 13.1. The molecule has 0 radical (unpaired) electrons. The molecule has 4 rings (SSSR count). The van der Waals surface area contributed by atoms with Gasteiger partial charge in [-0.15, -0.1) is 0 Å². The highest BCUT2D eigenvalue weighted by Gasteiger charge is 2.18. The lowest BCUT2D eigenvalue weighted by atomic mass is 10.2.